The number of pyridine rings is 1. The van der Waals surface area contributed by atoms with Crippen LogP contribution in [0.2, 0.25) is 0 Å². The molecule has 2 saturated heterocycles. The minimum atomic E-state index is -0.330. The van der Waals surface area contributed by atoms with Gasteiger partial charge >= 0.3 is 0 Å². The standard InChI is InChI=1S/C22H28N8O2/c31-16-7-11-29(12-8-16)18-6-5-15(13-23-18)25-20-19-17(14-24-28-21(19)32)26-22(27-20)30-9-3-1-2-4-10-30/h5-6,13-14,16,31H,1-4,7-12H2,(H,28,32)(H,25,26,27). The smallest absolute Gasteiger partial charge is 0.277 e. The van der Waals surface area contributed by atoms with Gasteiger partial charge < -0.3 is 20.2 Å². The van der Waals surface area contributed by atoms with Crippen molar-refractivity contribution in [3.05, 3.63) is 34.9 Å². The van der Waals surface area contributed by atoms with E-state index in [4.69, 9.17) is 4.98 Å². The molecule has 0 amide bonds. The van der Waals surface area contributed by atoms with Crippen LogP contribution in [0.25, 0.3) is 10.9 Å². The van der Waals surface area contributed by atoms with Crippen LogP contribution in [0.1, 0.15) is 38.5 Å². The van der Waals surface area contributed by atoms with E-state index in [0.717, 1.165) is 63.4 Å². The van der Waals surface area contributed by atoms with Crippen LogP contribution >= 0.6 is 0 Å². The molecule has 5 heterocycles. The van der Waals surface area contributed by atoms with Gasteiger partial charge in [0.15, 0.2) is 0 Å². The highest BCUT2D eigenvalue weighted by Crippen LogP contribution is 2.26. The van der Waals surface area contributed by atoms with Crippen molar-refractivity contribution in [2.24, 2.45) is 0 Å². The Kier molecular flexibility index (Phi) is 5.85. The molecule has 0 bridgehead atoms. The number of nitrogens with zero attached hydrogens (tertiary/aromatic N) is 6. The monoisotopic (exact) mass is 436 g/mol. The lowest BCUT2D eigenvalue weighted by molar-refractivity contribution is 0.145. The van der Waals surface area contributed by atoms with Crippen molar-refractivity contribution in [2.75, 3.05) is 41.3 Å². The molecule has 0 unspecified atom stereocenters. The van der Waals surface area contributed by atoms with Crippen molar-refractivity contribution in [3.63, 3.8) is 0 Å². The molecule has 5 rings (SSSR count). The Morgan fingerprint density at radius 1 is 0.969 bits per heavy atom. The van der Waals surface area contributed by atoms with Gasteiger partial charge in [-0.05, 0) is 37.8 Å². The van der Waals surface area contributed by atoms with Crippen LogP contribution in [-0.4, -0.2) is 62.5 Å². The average Bonchev–Trinajstić information content (AvgIpc) is 3.10. The van der Waals surface area contributed by atoms with Gasteiger partial charge in [0, 0.05) is 26.2 Å². The Morgan fingerprint density at radius 3 is 2.47 bits per heavy atom. The summed E-state index contributed by atoms with van der Waals surface area (Å²) in [6.45, 7) is 3.39. The zero-order valence-electron chi connectivity index (χ0n) is 18.0. The minimum Gasteiger partial charge on any atom is -0.393 e. The van der Waals surface area contributed by atoms with Gasteiger partial charge in [-0.2, -0.15) is 10.1 Å². The number of nitrogens with one attached hydrogen (secondary N) is 2. The molecule has 0 atom stereocenters. The molecule has 2 fully saturated rings. The van der Waals surface area contributed by atoms with Gasteiger partial charge in [0.25, 0.3) is 5.56 Å². The lowest BCUT2D eigenvalue weighted by atomic mass is 10.1. The third-order valence-electron chi connectivity index (χ3n) is 6.19. The summed E-state index contributed by atoms with van der Waals surface area (Å²) in [6.07, 6.45) is 9.24. The van der Waals surface area contributed by atoms with Crippen LogP contribution in [-0.2, 0) is 0 Å². The zero-order valence-corrected chi connectivity index (χ0v) is 18.0. The highest BCUT2D eigenvalue weighted by Gasteiger charge is 2.19. The molecular weight excluding hydrogens is 408 g/mol. The first-order valence-corrected chi connectivity index (χ1v) is 11.3. The Bertz CT molecular complexity index is 1120. The van der Waals surface area contributed by atoms with Crippen LogP contribution in [0.4, 0.5) is 23.3 Å². The molecule has 2 aliphatic rings. The fourth-order valence-electron chi connectivity index (χ4n) is 4.37. The van der Waals surface area contributed by atoms with Crippen molar-refractivity contribution >= 4 is 34.2 Å². The fraction of sp³-hybridized carbons (Fsp3) is 0.500. The summed E-state index contributed by atoms with van der Waals surface area (Å²) in [4.78, 5) is 30.8. The molecule has 0 spiro atoms. The number of H-pyrrole nitrogens is 1. The van der Waals surface area contributed by atoms with Crippen molar-refractivity contribution in [1.82, 2.24) is 25.1 Å². The normalized spacial score (nSPS) is 18.0. The molecule has 0 saturated carbocycles. The van der Waals surface area contributed by atoms with E-state index in [1.54, 1.807) is 12.4 Å². The molecular formula is C22H28N8O2. The van der Waals surface area contributed by atoms with Gasteiger partial charge in [0.2, 0.25) is 5.95 Å². The number of aliphatic hydroxyl groups excluding tert-OH is 1. The maximum atomic E-state index is 12.5. The van der Waals surface area contributed by atoms with Crippen molar-refractivity contribution < 1.29 is 5.11 Å². The quantitative estimate of drug-likeness (QED) is 0.565. The van der Waals surface area contributed by atoms with Gasteiger partial charge in [0.1, 0.15) is 22.5 Å². The second kappa shape index (κ2) is 9.07. The van der Waals surface area contributed by atoms with E-state index in [0.29, 0.717) is 22.7 Å². The Hall–Kier alpha value is -3.27. The topological polar surface area (TPSA) is 123 Å². The van der Waals surface area contributed by atoms with Crippen molar-refractivity contribution in [1.29, 1.82) is 0 Å². The third kappa shape index (κ3) is 4.36. The van der Waals surface area contributed by atoms with Crippen LogP contribution in [0.5, 0.6) is 0 Å². The van der Waals surface area contributed by atoms with Gasteiger partial charge in [-0.25, -0.2) is 15.1 Å². The first kappa shape index (κ1) is 20.6. The second-order valence-corrected chi connectivity index (χ2v) is 8.48. The molecule has 2 aliphatic heterocycles. The van der Waals surface area contributed by atoms with Gasteiger partial charge in [-0.15, -0.1) is 0 Å². The lowest BCUT2D eigenvalue weighted by Gasteiger charge is -2.30. The Morgan fingerprint density at radius 2 is 1.75 bits per heavy atom. The van der Waals surface area contributed by atoms with E-state index >= 15 is 0 Å². The first-order valence-electron chi connectivity index (χ1n) is 11.3. The maximum Gasteiger partial charge on any atom is 0.277 e. The number of aliphatic hydroxyl groups is 1. The molecule has 3 aromatic rings. The van der Waals surface area contributed by atoms with E-state index in [2.05, 4.69) is 35.3 Å². The largest absolute Gasteiger partial charge is 0.393 e. The van der Waals surface area contributed by atoms with Crippen molar-refractivity contribution in [2.45, 2.75) is 44.6 Å². The van der Waals surface area contributed by atoms with Crippen LogP contribution in [0.3, 0.4) is 0 Å². The average molecular weight is 437 g/mol. The predicted molar refractivity (Wildman–Crippen MR) is 124 cm³/mol. The number of aromatic amines is 1. The van der Waals surface area contributed by atoms with E-state index < -0.39 is 0 Å². The summed E-state index contributed by atoms with van der Waals surface area (Å²) in [6, 6.07) is 3.88. The van der Waals surface area contributed by atoms with Gasteiger partial charge in [-0.3, -0.25) is 4.79 Å². The van der Waals surface area contributed by atoms with Gasteiger partial charge in [0.05, 0.1) is 24.2 Å². The predicted octanol–water partition coefficient (Wildman–Crippen LogP) is 2.19. The van der Waals surface area contributed by atoms with E-state index in [9.17, 15) is 9.90 Å². The fourth-order valence-corrected chi connectivity index (χ4v) is 4.37. The van der Waals surface area contributed by atoms with Crippen LogP contribution in [0.15, 0.2) is 29.3 Å². The maximum absolute atomic E-state index is 12.5. The summed E-state index contributed by atoms with van der Waals surface area (Å²) in [5, 5.41) is 19.8. The molecule has 10 heteroatoms. The first-order chi connectivity index (χ1) is 15.7. The summed E-state index contributed by atoms with van der Waals surface area (Å²) < 4.78 is 0. The Labute approximate surface area is 185 Å². The van der Waals surface area contributed by atoms with Crippen LogP contribution in [0, 0.1) is 0 Å². The van der Waals surface area contributed by atoms with E-state index in [1.165, 1.54) is 12.8 Å². The minimum absolute atomic E-state index is 0.218. The molecule has 168 valence electrons. The summed E-state index contributed by atoms with van der Waals surface area (Å²) in [5.41, 5.74) is 0.926. The molecule has 32 heavy (non-hydrogen) atoms. The highest BCUT2D eigenvalue weighted by atomic mass is 16.3. The lowest BCUT2D eigenvalue weighted by Crippen LogP contribution is -2.36. The molecule has 3 N–H and O–H groups in total. The van der Waals surface area contributed by atoms with Crippen LogP contribution < -0.4 is 20.7 Å². The number of hydrogen-bond donors (Lipinski definition) is 3. The summed E-state index contributed by atoms with van der Waals surface area (Å²) >= 11 is 0. The molecule has 10 nitrogen and oxygen atoms in total. The highest BCUT2D eigenvalue weighted by molar-refractivity contribution is 5.90. The number of piperidine rings is 1. The number of aromatic nitrogens is 5. The second-order valence-electron chi connectivity index (χ2n) is 8.48. The number of hydrogen-bond acceptors (Lipinski definition) is 9. The van der Waals surface area contributed by atoms with Gasteiger partial charge in [-0.1, -0.05) is 12.8 Å². The number of fused-ring (bicyclic) bond motifs is 1. The molecule has 3 aromatic heterocycles. The SMILES string of the molecule is O=c1[nH]ncc2nc(N3CCCCCC3)nc(Nc3ccc(N4CCC(O)CC4)nc3)c12. The zero-order chi connectivity index (χ0) is 21.9. The number of anilines is 4. The molecule has 0 aliphatic carbocycles. The molecule has 0 radical (unpaired) electrons. The Balaban J connectivity index is 1.44. The summed E-state index contributed by atoms with van der Waals surface area (Å²) in [5.74, 6) is 1.95. The van der Waals surface area contributed by atoms with E-state index in [1.807, 2.05) is 12.1 Å². The summed E-state index contributed by atoms with van der Waals surface area (Å²) in [7, 11) is 0. The van der Waals surface area contributed by atoms with Crippen molar-refractivity contribution in [3.8, 4) is 0 Å². The number of rotatable bonds is 4. The third-order valence-corrected chi connectivity index (χ3v) is 6.19. The molecule has 0 aromatic carbocycles. The van der Waals surface area contributed by atoms with E-state index in [-0.39, 0.29) is 11.7 Å².